The monoisotopic (exact) mass is 373 g/mol. The summed E-state index contributed by atoms with van der Waals surface area (Å²) in [7, 11) is 0. The Balaban J connectivity index is 2.15. The number of hydrogen-bond acceptors (Lipinski definition) is 2. The molecule has 0 amide bonds. The van der Waals surface area contributed by atoms with Gasteiger partial charge in [-0.2, -0.15) is 0 Å². The van der Waals surface area contributed by atoms with Gasteiger partial charge in [-0.3, -0.25) is 0 Å². The van der Waals surface area contributed by atoms with E-state index in [0.717, 1.165) is 42.1 Å². The molecule has 1 saturated heterocycles. The van der Waals surface area contributed by atoms with Crippen molar-refractivity contribution < 1.29 is 4.74 Å². The van der Waals surface area contributed by atoms with Crippen molar-refractivity contribution in [2.75, 3.05) is 19.8 Å². The van der Waals surface area contributed by atoms with E-state index in [4.69, 9.17) is 16.3 Å². The summed E-state index contributed by atoms with van der Waals surface area (Å²) in [4.78, 5) is 0. The topological polar surface area (TPSA) is 21.3 Å². The fourth-order valence-corrected chi connectivity index (χ4v) is 3.51. The van der Waals surface area contributed by atoms with E-state index in [1.165, 1.54) is 12.0 Å². The molecule has 21 heavy (non-hydrogen) atoms. The molecule has 0 radical (unpaired) electrons. The molecule has 2 rings (SSSR count). The van der Waals surface area contributed by atoms with Crippen molar-refractivity contribution in [2.24, 2.45) is 5.41 Å². The molecule has 0 saturated carbocycles. The summed E-state index contributed by atoms with van der Waals surface area (Å²) < 4.78 is 6.82. The predicted octanol–water partition coefficient (Wildman–Crippen LogP) is 4.83. The van der Waals surface area contributed by atoms with Gasteiger partial charge in [0.15, 0.2) is 0 Å². The van der Waals surface area contributed by atoms with Gasteiger partial charge in [-0.25, -0.2) is 0 Å². The highest BCUT2D eigenvalue weighted by molar-refractivity contribution is 9.10. The minimum absolute atomic E-state index is 0.119. The van der Waals surface area contributed by atoms with Crippen molar-refractivity contribution in [3.63, 3.8) is 0 Å². The molecular weight excluding hydrogens is 350 g/mol. The predicted molar refractivity (Wildman–Crippen MR) is 93.1 cm³/mol. The van der Waals surface area contributed by atoms with Crippen molar-refractivity contribution >= 4 is 27.5 Å². The maximum absolute atomic E-state index is 6.41. The second-order valence-electron chi connectivity index (χ2n) is 7.17. The summed E-state index contributed by atoms with van der Waals surface area (Å²) in [5, 5.41) is 4.49. The van der Waals surface area contributed by atoms with E-state index in [0.29, 0.717) is 0 Å². The average molecular weight is 375 g/mol. The van der Waals surface area contributed by atoms with Crippen LogP contribution < -0.4 is 5.32 Å². The number of nitrogens with one attached hydrogen (secondary N) is 1. The van der Waals surface area contributed by atoms with E-state index in [-0.39, 0.29) is 11.0 Å². The van der Waals surface area contributed by atoms with Gasteiger partial charge < -0.3 is 10.1 Å². The lowest BCUT2D eigenvalue weighted by Gasteiger charge is -2.40. The van der Waals surface area contributed by atoms with E-state index >= 15 is 0 Å². The molecule has 1 atom stereocenters. The van der Waals surface area contributed by atoms with Crippen molar-refractivity contribution in [1.82, 2.24) is 5.32 Å². The van der Waals surface area contributed by atoms with Crippen molar-refractivity contribution in [3.8, 4) is 0 Å². The van der Waals surface area contributed by atoms with E-state index in [9.17, 15) is 0 Å². The van der Waals surface area contributed by atoms with Gasteiger partial charge in [-0.1, -0.05) is 33.6 Å². The summed E-state index contributed by atoms with van der Waals surface area (Å²) in [5.41, 5.74) is 1.47. The number of halogens is 2. The lowest BCUT2D eigenvalue weighted by molar-refractivity contribution is -0.00992. The molecule has 1 aromatic carbocycles. The number of benzene rings is 1. The molecule has 0 bridgehead atoms. The van der Waals surface area contributed by atoms with Crippen LogP contribution in [-0.4, -0.2) is 25.3 Å². The first-order valence-electron chi connectivity index (χ1n) is 7.56. The lowest BCUT2D eigenvalue weighted by Crippen LogP contribution is -2.48. The molecule has 118 valence electrons. The fraction of sp³-hybridized carbons (Fsp3) is 0.647. The van der Waals surface area contributed by atoms with Crippen molar-refractivity contribution in [1.29, 1.82) is 0 Å². The van der Waals surface area contributed by atoms with Crippen LogP contribution in [0.25, 0.3) is 0 Å². The van der Waals surface area contributed by atoms with Crippen LogP contribution in [0, 0.1) is 5.41 Å². The Morgan fingerprint density at radius 2 is 2.14 bits per heavy atom. The Hall–Kier alpha value is -0.0900. The summed E-state index contributed by atoms with van der Waals surface area (Å²) >= 11 is 9.88. The second kappa shape index (κ2) is 6.99. The zero-order valence-corrected chi connectivity index (χ0v) is 15.5. The summed E-state index contributed by atoms with van der Waals surface area (Å²) in [5.74, 6) is 0. The fourth-order valence-electron chi connectivity index (χ4n) is 2.77. The van der Waals surface area contributed by atoms with Gasteiger partial charge in [-0.15, -0.1) is 0 Å². The van der Waals surface area contributed by atoms with Crippen LogP contribution in [-0.2, 0) is 11.2 Å². The number of rotatable bonds is 4. The minimum atomic E-state index is 0.119. The van der Waals surface area contributed by atoms with Gasteiger partial charge in [-0.05, 0) is 57.7 Å². The van der Waals surface area contributed by atoms with Gasteiger partial charge in [0.05, 0.1) is 6.61 Å². The van der Waals surface area contributed by atoms with Gasteiger partial charge in [0.2, 0.25) is 0 Å². The third-order valence-electron chi connectivity index (χ3n) is 3.98. The Morgan fingerprint density at radius 3 is 2.71 bits per heavy atom. The largest absolute Gasteiger partial charge is 0.381 e. The van der Waals surface area contributed by atoms with Crippen LogP contribution in [0.2, 0.25) is 5.02 Å². The van der Waals surface area contributed by atoms with E-state index < -0.39 is 0 Å². The van der Waals surface area contributed by atoms with Crippen LogP contribution in [0.5, 0.6) is 0 Å². The number of ether oxygens (including phenoxy) is 1. The first-order valence-corrected chi connectivity index (χ1v) is 8.74. The Bertz CT molecular complexity index is 478. The molecule has 1 unspecified atom stereocenters. The van der Waals surface area contributed by atoms with E-state index in [2.05, 4.69) is 54.2 Å². The van der Waals surface area contributed by atoms with Crippen molar-refractivity contribution in [2.45, 2.75) is 45.6 Å². The Morgan fingerprint density at radius 1 is 1.38 bits per heavy atom. The zero-order valence-electron chi connectivity index (χ0n) is 13.1. The highest BCUT2D eigenvalue weighted by atomic mass is 79.9. The van der Waals surface area contributed by atoms with Crippen LogP contribution in [0.1, 0.15) is 39.2 Å². The standard InChI is InChI=1S/C17H25BrClNO/c1-16(2,3)20-11-17(7-4-8-21-12-17)10-13-5-6-14(18)9-15(13)19/h5-6,9,20H,4,7-8,10-12H2,1-3H3. The maximum Gasteiger partial charge on any atom is 0.0537 e. The molecule has 1 aliphatic rings. The van der Waals surface area contributed by atoms with Crippen molar-refractivity contribution in [3.05, 3.63) is 33.3 Å². The van der Waals surface area contributed by atoms with Gasteiger partial charge in [0.1, 0.15) is 0 Å². The second-order valence-corrected chi connectivity index (χ2v) is 8.50. The number of hydrogen-bond donors (Lipinski definition) is 1. The maximum atomic E-state index is 6.41. The minimum Gasteiger partial charge on any atom is -0.381 e. The van der Waals surface area contributed by atoms with Gasteiger partial charge in [0, 0.05) is 33.6 Å². The van der Waals surface area contributed by atoms with E-state index in [1.807, 2.05) is 6.07 Å². The molecule has 1 aromatic rings. The quantitative estimate of drug-likeness (QED) is 0.815. The Kier molecular flexibility index (Phi) is 5.75. The molecule has 0 aliphatic carbocycles. The first-order chi connectivity index (χ1) is 9.80. The zero-order chi connectivity index (χ0) is 15.5. The molecule has 4 heteroatoms. The molecule has 2 nitrogen and oxygen atoms in total. The normalized spacial score (nSPS) is 23.3. The smallest absolute Gasteiger partial charge is 0.0537 e. The molecule has 0 aromatic heterocycles. The highest BCUT2D eigenvalue weighted by Gasteiger charge is 2.34. The molecule has 0 spiro atoms. The van der Waals surface area contributed by atoms with Crippen LogP contribution in [0.15, 0.2) is 22.7 Å². The molecule has 1 fully saturated rings. The molecule has 1 N–H and O–H groups in total. The third-order valence-corrected chi connectivity index (χ3v) is 4.82. The van der Waals surface area contributed by atoms with Gasteiger partial charge in [0.25, 0.3) is 0 Å². The molecular formula is C17H25BrClNO. The third kappa shape index (κ3) is 5.24. The summed E-state index contributed by atoms with van der Waals surface area (Å²) in [6.07, 6.45) is 3.27. The molecule has 1 aliphatic heterocycles. The lowest BCUT2D eigenvalue weighted by atomic mass is 9.76. The highest BCUT2D eigenvalue weighted by Crippen LogP contribution is 2.35. The first kappa shape index (κ1) is 17.3. The average Bonchev–Trinajstić information content (AvgIpc) is 2.41. The van der Waals surface area contributed by atoms with Crippen LogP contribution in [0.3, 0.4) is 0 Å². The van der Waals surface area contributed by atoms with E-state index in [1.54, 1.807) is 0 Å². The van der Waals surface area contributed by atoms with Gasteiger partial charge >= 0.3 is 0 Å². The summed E-state index contributed by atoms with van der Waals surface area (Å²) in [6.45, 7) is 9.27. The Labute approximate surface area is 141 Å². The van der Waals surface area contributed by atoms with Crippen LogP contribution >= 0.6 is 27.5 Å². The SMILES string of the molecule is CC(C)(C)NCC1(Cc2ccc(Br)cc2Cl)CCCOC1. The summed E-state index contributed by atoms with van der Waals surface area (Å²) in [6, 6.07) is 6.17. The van der Waals surface area contributed by atoms with Crippen LogP contribution in [0.4, 0.5) is 0 Å². The molecule has 1 heterocycles.